The van der Waals surface area contributed by atoms with E-state index < -0.39 is 133 Å². The minimum atomic E-state index is -5.45. The summed E-state index contributed by atoms with van der Waals surface area (Å²) in [5.74, 6) is -1.19. The van der Waals surface area contributed by atoms with E-state index in [4.69, 9.17) is 37.5 Å². The number of unbranched alkanes of at least 4 members (excludes halogenated alkanes) is 28. The summed E-state index contributed by atoms with van der Waals surface area (Å²) in [6, 6.07) is 0. The van der Waals surface area contributed by atoms with Crippen molar-refractivity contribution in [1.82, 2.24) is 0 Å². The molecule has 2 aliphatic heterocycles. The van der Waals surface area contributed by atoms with Gasteiger partial charge in [0.2, 0.25) is 0 Å². The molecule has 0 aromatic carbocycles. The Kier molecular flexibility index (Phi) is 44.6. The van der Waals surface area contributed by atoms with Gasteiger partial charge < -0.3 is 83.2 Å². The molecule has 76 heavy (non-hydrogen) atoms. The van der Waals surface area contributed by atoms with E-state index in [1.165, 1.54) is 128 Å². The van der Waals surface area contributed by atoms with Gasteiger partial charge in [-0.15, -0.1) is 0 Å². The number of ether oxygens (including phenoxy) is 6. The van der Waals surface area contributed by atoms with Crippen LogP contribution in [-0.2, 0) is 51.6 Å². The molecule has 0 bridgehead atoms. The molecule has 12 atom stereocenters. The standard InChI is InChI=1S/C54H103O20P.Na/c1-3-5-7-9-11-13-15-17-19-21-23-25-27-29-31-33-45(57)67-37-41(71-46(58)34-32-30-28-26-24-22-20-18-16-14-12-10-8-6-4-2)40-70-75(65,66)74-42(38-68-53-51(63)49(61)47(59)43(35-55)72-53)39-69-54-52(64)50(62)48(60)44(36-56)73-54;/h41-44,47-56,59-64H,3-40H2,1-2H3,(H,65,66);/q;+1/p-1/t41-,42?,43?,44?,47?,48?,49?,50?,51?,52?,53?,54?;/m1./s1. The predicted molar refractivity (Wildman–Crippen MR) is 278 cm³/mol. The monoisotopic (exact) mass is 1120 g/mol. The summed E-state index contributed by atoms with van der Waals surface area (Å²) >= 11 is 0. The van der Waals surface area contributed by atoms with E-state index in [-0.39, 0.29) is 42.4 Å². The van der Waals surface area contributed by atoms with Crippen molar-refractivity contribution in [2.75, 3.05) is 39.6 Å². The Bertz CT molecular complexity index is 1410. The third-order valence-electron chi connectivity index (χ3n) is 14.0. The fraction of sp³-hybridized carbons (Fsp3) is 0.963. The molecule has 2 rings (SSSR count). The number of aliphatic hydroxyl groups is 8. The Morgan fingerprint density at radius 3 is 1.13 bits per heavy atom. The molecule has 0 amide bonds. The second-order valence-electron chi connectivity index (χ2n) is 20.7. The van der Waals surface area contributed by atoms with Gasteiger partial charge in [-0.1, -0.05) is 194 Å². The number of carbonyl (C=O) groups is 2. The molecule has 2 fully saturated rings. The molecular weight excluding hydrogens is 1020 g/mol. The summed E-state index contributed by atoms with van der Waals surface area (Å²) in [4.78, 5) is 39.3. The van der Waals surface area contributed by atoms with Crippen molar-refractivity contribution in [3.63, 3.8) is 0 Å². The molecule has 20 nitrogen and oxygen atoms in total. The summed E-state index contributed by atoms with van der Waals surface area (Å²) in [7, 11) is -5.45. The van der Waals surface area contributed by atoms with Crippen LogP contribution in [0.4, 0.5) is 0 Å². The van der Waals surface area contributed by atoms with E-state index in [1.54, 1.807) is 0 Å². The number of hydrogen-bond acceptors (Lipinski definition) is 20. The van der Waals surface area contributed by atoms with Crippen LogP contribution in [-0.4, -0.2) is 166 Å². The fourth-order valence-electron chi connectivity index (χ4n) is 9.21. The summed E-state index contributed by atoms with van der Waals surface area (Å²) in [5, 5.41) is 81.1. The van der Waals surface area contributed by atoms with Crippen molar-refractivity contribution in [1.29, 1.82) is 0 Å². The van der Waals surface area contributed by atoms with Crippen molar-refractivity contribution in [2.45, 2.75) is 293 Å². The Morgan fingerprint density at radius 1 is 0.461 bits per heavy atom. The van der Waals surface area contributed by atoms with Crippen molar-refractivity contribution >= 4 is 19.8 Å². The van der Waals surface area contributed by atoms with Crippen LogP contribution in [0.5, 0.6) is 0 Å². The SMILES string of the molecule is CCCCCCCCCCCCCCCCCC(=O)OC[C@H](COP(=O)([O-])OC(COC1OC(CO)C(O)C(O)C1O)COC1OC(CO)C(O)C(O)C1O)OC(=O)CCCCCCCCCCCCCCCCC.[Na+]. The van der Waals surface area contributed by atoms with E-state index in [0.29, 0.717) is 12.8 Å². The van der Waals surface area contributed by atoms with Crippen molar-refractivity contribution < 1.29 is 127 Å². The van der Waals surface area contributed by atoms with Gasteiger partial charge in [0.1, 0.15) is 61.5 Å². The van der Waals surface area contributed by atoms with Gasteiger partial charge in [0.15, 0.2) is 18.7 Å². The van der Waals surface area contributed by atoms with Gasteiger partial charge in [-0.05, 0) is 12.8 Å². The van der Waals surface area contributed by atoms with Crippen molar-refractivity contribution in [2.24, 2.45) is 0 Å². The molecule has 2 aliphatic rings. The van der Waals surface area contributed by atoms with E-state index >= 15 is 0 Å². The Morgan fingerprint density at radius 2 is 0.789 bits per heavy atom. The number of aliphatic hydroxyl groups excluding tert-OH is 8. The van der Waals surface area contributed by atoms with E-state index in [2.05, 4.69) is 13.8 Å². The molecule has 0 aromatic heterocycles. The number of carbonyl (C=O) groups excluding carboxylic acids is 2. The molecule has 2 heterocycles. The molecule has 0 radical (unpaired) electrons. The molecule has 8 N–H and O–H groups in total. The third-order valence-corrected chi connectivity index (χ3v) is 15.0. The van der Waals surface area contributed by atoms with Crippen LogP contribution in [0.15, 0.2) is 0 Å². The van der Waals surface area contributed by atoms with Gasteiger partial charge >= 0.3 is 41.5 Å². The maximum Gasteiger partial charge on any atom is 1.00 e. The minimum absolute atomic E-state index is 0. The van der Waals surface area contributed by atoms with Crippen LogP contribution in [0.3, 0.4) is 0 Å². The fourth-order valence-corrected chi connectivity index (χ4v) is 10.1. The second-order valence-corrected chi connectivity index (χ2v) is 22.1. The average Bonchev–Trinajstić information content (AvgIpc) is 3.39. The number of esters is 2. The molecule has 444 valence electrons. The first-order valence-electron chi connectivity index (χ1n) is 29.0. The van der Waals surface area contributed by atoms with Crippen LogP contribution in [0.2, 0.25) is 0 Å². The number of phosphoric acid groups is 1. The normalized spacial score (nSPS) is 25.4. The molecule has 0 aromatic rings. The summed E-state index contributed by atoms with van der Waals surface area (Å²) in [6.07, 6.45) is 14.8. The molecule has 11 unspecified atom stereocenters. The zero-order valence-electron chi connectivity index (χ0n) is 46.7. The molecule has 2 saturated heterocycles. The summed E-state index contributed by atoms with van der Waals surface area (Å²) < 4.78 is 56.6. The van der Waals surface area contributed by atoms with Crippen LogP contribution in [0.25, 0.3) is 0 Å². The molecule has 22 heteroatoms. The maximum atomic E-state index is 13.4. The van der Waals surface area contributed by atoms with Crippen LogP contribution in [0.1, 0.15) is 219 Å². The van der Waals surface area contributed by atoms with Crippen LogP contribution in [0, 0.1) is 0 Å². The summed E-state index contributed by atoms with van der Waals surface area (Å²) in [5.41, 5.74) is 0. The first kappa shape index (κ1) is 73.6. The smallest absolute Gasteiger partial charge is 0.756 e. The first-order chi connectivity index (χ1) is 36.2. The van der Waals surface area contributed by atoms with E-state index in [1.807, 2.05) is 0 Å². The minimum Gasteiger partial charge on any atom is -0.756 e. The van der Waals surface area contributed by atoms with Gasteiger partial charge in [-0.3, -0.25) is 14.2 Å². The quantitative estimate of drug-likeness (QED) is 0.0187. The van der Waals surface area contributed by atoms with Crippen LogP contribution < -0.4 is 34.5 Å². The molecule has 0 spiro atoms. The Balaban J connectivity index is 0.0000289. The molecule has 0 saturated carbocycles. The van der Waals surface area contributed by atoms with Gasteiger partial charge in [0, 0.05) is 12.8 Å². The Labute approximate surface area is 476 Å². The molecular formula is C54H102NaO20P. The average molecular weight is 1130 g/mol. The number of hydrogen-bond donors (Lipinski definition) is 8. The van der Waals surface area contributed by atoms with Crippen LogP contribution >= 0.6 is 7.82 Å². The Hall–Kier alpha value is -0.430. The molecule has 0 aliphatic carbocycles. The largest absolute Gasteiger partial charge is 1.00 e. The van der Waals surface area contributed by atoms with E-state index in [0.717, 1.165) is 51.4 Å². The van der Waals surface area contributed by atoms with Gasteiger partial charge in [-0.2, -0.15) is 0 Å². The van der Waals surface area contributed by atoms with Gasteiger partial charge in [-0.25, -0.2) is 0 Å². The third kappa shape index (κ3) is 33.5. The zero-order valence-corrected chi connectivity index (χ0v) is 49.6. The number of phosphoric ester groups is 1. The van der Waals surface area contributed by atoms with Crippen molar-refractivity contribution in [3.8, 4) is 0 Å². The van der Waals surface area contributed by atoms with Gasteiger partial charge in [0.25, 0.3) is 7.82 Å². The zero-order chi connectivity index (χ0) is 55.1. The van der Waals surface area contributed by atoms with Gasteiger partial charge in [0.05, 0.1) is 33.0 Å². The summed E-state index contributed by atoms with van der Waals surface area (Å²) in [6.45, 7) is -0.0727. The second kappa shape index (κ2) is 46.1. The first-order valence-corrected chi connectivity index (χ1v) is 30.5. The van der Waals surface area contributed by atoms with E-state index in [9.17, 15) is 59.9 Å². The number of rotatable bonds is 48. The topological polar surface area (TPSA) is 310 Å². The van der Waals surface area contributed by atoms with Crippen molar-refractivity contribution in [3.05, 3.63) is 0 Å². The predicted octanol–water partition coefficient (Wildman–Crippen LogP) is 3.47. The maximum absolute atomic E-state index is 13.4.